The number of nitrogens with two attached hydrogens (primary N) is 1. The van der Waals surface area contributed by atoms with E-state index in [2.05, 4.69) is 9.88 Å². The van der Waals surface area contributed by atoms with E-state index in [1.807, 2.05) is 0 Å². The van der Waals surface area contributed by atoms with Gasteiger partial charge in [-0.05, 0) is 38.2 Å². The monoisotopic (exact) mass is 293 g/mol. The zero-order chi connectivity index (χ0) is 14.9. The molecule has 2 aliphatic rings. The summed E-state index contributed by atoms with van der Waals surface area (Å²) in [4.78, 5) is 6.58. The Balaban J connectivity index is 1.63. The minimum atomic E-state index is -1.24. The number of nitrogens with zero attached hydrogens (tertiary/aromatic N) is 2. The number of aromatic nitrogens is 1. The van der Waals surface area contributed by atoms with Crippen molar-refractivity contribution in [2.24, 2.45) is 5.73 Å². The molecule has 3 rings (SSSR count). The van der Waals surface area contributed by atoms with Gasteiger partial charge in [-0.2, -0.15) is 0 Å². The summed E-state index contributed by atoms with van der Waals surface area (Å²) in [6, 6.07) is 4.33. The van der Waals surface area contributed by atoms with Crippen molar-refractivity contribution < 1.29 is 9.13 Å². The number of rotatable bonds is 3. The molecule has 2 N–H and O–H groups in total. The molecule has 0 amide bonds. The van der Waals surface area contributed by atoms with Gasteiger partial charge in [-0.1, -0.05) is 0 Å². The summed E-state index contributed by atoms with van der Waals surface area (Å²) in [5.74, 6) is 0.530. The van der Waals surface area contributed by atoms with E-state index in [1.54, 1.807) is 25.4 Å². The van der Waals surface area contributed by atoms with Crippen molar-refractivity contribution in [3.05, 3.63) is 23.9 Å². The Bertz CT molecular complexity index is 471. The molecule has 1 aromatic heterocycles. The van der Waals surface area contributed by atoms with Crippen molar-refractivity contribution in [1.82, 2.24) is 9.88 Å². The summed E-state index contributed by atoms with van der Waals surface area (Å²) >= 11 is 0. The van der Waals surface area contributed by atoms with Crippen LogP contribution in [-0.4, -0.2) is 42.2 Å². The van der Waals surface area contributed by atoms with Crippen molar-refractivity contribution >= 4 is 0 Å². The van der Waals surface area contributed by atoms with Crippen molar-refractivity contribution in [2.75, 3.05) is 20.2 Å². The summed E-state index contributed by atoms with van der Waals surface area (Å²) in [6.45, 7) is 2.03. The number of ether oxygens (including phenoxy) is 1. The third-order valence-corrected chi connectivity index (χ3v) is 4.98. The highest BCUT2D eigenvalue weighted by atomic mass is 19.1. The third kappa shape index (κ3) is 3.04. The maximum absolute atomic E-state index is 15.2. The number of halogens is 1. The maximum Gasteiger partial charge on any atom is 0.212 e. The topological polar surface area (TPSA) is 51.4 Å². The first-order valence-electron chi connectivity index (χ1n) is 7.80. The molecule has 2 fully saturated rings. The van der Waals surface area contributed by atoms with Crippen LogP contribution < -0.4 is 10.5 Å². The molecule has 1 saturated heterocycles. The van der Waals surface area contributed by atoms with Gasteiger partial charge in [0.05, 0.1) is 7.11 Å². The molecule has 0 aromatic carbocycles. The Morgan fingerprint density at radius 1 is 1.33 bits per heavy atom. The number of methoxy groups -OCH3 is 1. The Hall–Kier alpha value is -1.20. The smallest absolute Gasteiger partial charge is 0.212 e. The van der Waals surface area contributed by atoms with Crippen molar-refractivity contribution in [1.29, 1.82) is 0 Å². The first kappa shape index (κ1) is 14.7. The number of hydrogen-bond acceptors (Lipinski definition) is 4. The normalized spacial score (nSPS) is 34.0. The lowest BCUT2D eigenvalue weighted by Gasteiger charge is -2.38. The lowest BCUT2D eigenvalue weighted by atomic mass is 9.79. The van der Waals surface area contributed by atoms with Gasteiger partial charge in [0, 0.05) is 43.0 Å². The molecule has 1 atom stereocenters. The van der Waals surface area contributed by atoms with Gasteiger partial charge in [-0.25, -0.2) is 9.37 Å². The molecule has 2 heterocycles. The minimum Gasteiger partial charge on any atom is -0.481 e. The van der Waals surface area contributed by atoms with Gasteiger partial charge in [0.1, 0.15) is 5.67 Å². The fourth-order valence-corrected chi connectivity index (χ4v) is 3.63. The average Bonchev–Trinajstić information content (AvgIpc) is 2.94. The molecule has 0 radical (unpaired) electrons. The van der Waals surface area contributed by atoms with E-state index in [1.165, 1.54) is 0 Å². The molecule has 1 aromatic rings. The second kappa shape index (κ2) is 5.89. The molecule has 0 spiro atoms. The van der Waals surface area contributed by atoms with Crippen LogP contribution in [0, 0.1) is 0 Å². The van der Waals surface area contributed by atoms with E-state index >= 15 is 4.39 Å². The molecular weight excluding hydrogens is 269 g/mol. The summed E-state index contributed by atoms with van der Waals surface area (Å²) in [6.07, 6.45) is 5.62. The quantitative estimate of drug-likeness (QED) is 0.928. The van der Waals surface area contributed by atoms with Crippen LogP contribution in [0.25, 0.3) is 0 Å². The van der Waals surface area contributed by atoms with Crippen LogP contribution in [0.15, 0.2) is 18.3 Å². The lowest BCUT2D eigenvalue weighted by Crippen LogP contribution is -2.41. The van der Waals surface area contributed by atoms with Crippen LogP contribution in [0.3, 0.4) is 0 Å². The highest BCUT2D eigenvalue weighted by Gasteiger charge is 2.39. The van der Waals surface area contributed by atoms with Gasteiger partial charge in [0.25, 0.3) is 0 Å². The largest absolute Gasteiger partial charge is 0.481 e. The Kier molecular flexibility index (Phi) is 4.13. The highest BCUT2D eigenvalue weighted by Crippen LogP contribution is 2.42. The maximum atomic E-state index is 15.2. The zero-order valence-corrected chi connectivity index (χ0v) is 12.6. The number of hydrogen-bond donors (Lipinski definition) is 1. The standard InChI is InChI=1S/C16H24FN3O/c1-21-15-3-2-12(10-19-15)16(17)7-4-14(5-8-16)20-9-6-13(18)11-20/h2-3,10,13-14H,4-9,11,18H2,1H3/t13-,14?,16?/m1/s1. The van der Waals surface area contributed by atoms with Crippen LogP contribution in [0.5, 0.6) is 5.88 Å². The molecular formula is C16H24FN3O. The highest BCUT2D eigenvalue weighted by molar-refractivity contribution is 5.24. The minimum absolute atomic E-state index is 0.299. The SMILES string of the molecule is COc1ccc(C2(F)CCC(N3CC[C@@H](N)C3)CC2)cn1. The molecule has 1 aliphatic carbocycles. The second-order valence-corrected chi connectivity index (χ2v) is 6.33. The predicted octanol–water partition coefficient (Wildman–Crippen LogP) is 2.23. The number of alkyl halides is 1. The summed E-state index contributed by atoms with van der Waals surface area (Å²) < 4.78 is 20.2. The molecule has 0 bridgehead atoms. The summed E-state index contributed by atoms with van der Waals surface area (Å²) in [5.41, 5.74) is 5.41. The van der Waals surface area contributed by atoms with E-state index in [-0.39, 0.29) is 0 Å². The van der Waals surface area contributed by atoms with E-state index in [0.717, 1.165) is 32.4 Å². The number of likely N-dealkylation sites (tertiary alicyclic amines) is 1. The second-order valence-electron chi connectivity index (χ2n) is 6.33. The van der Waals surface area contributed by atoms with Crippen LogP contribution >= 0.6 is 0 Å². The van der Waals surface area contributed by atoms with Crippen LogP contribution in [-0.2, 0) is 5.67 Å². The van der Waals surface area contributed by atoms with Gasteiger partial charge in [-0.15, -0.1) is 0 Å². The first-order valence-corrected chi connectivity index (χ1v) is 7.80. The first-order chi connectivity index (χ1) is 10.1. The molecule has 4 nitrogen and oxygen atoms in total. The average molecular weight is 293 g/mol. The predicted molar refractivity (Wildman–Crippen MR) is 80.0 cm³/mol. The van der Waals surface area contributed by atoms with Crippen LogP contribution in [0.4, 0.5) is 4.39 Å². The molecule has 21 heavy (non-hydrogen) atoms. The van der Waals surface area contributed by atoms with Crippen LogP contribution in [0.2, 0.25) is 0 Å². The fraction of sp³-hybridized carbons (Fsp3) is 0.688. The van der Waals surface area contributed by atoms with E-state index < -0.39 is 5.67 Å². The molecule has 0 unspecified atom stereocenters. The van der Waals surface area contributed by atoms with Gasteiger partial charge in [0.2, 0.25) is 5.88 Å². The Morgan fingerprint density at radius 2 is 2.10 bits per heavy atom. The van der Waals surface area contributed by atoms with Crippen molar-refractivity contribution in [3.8, 4) is 5.88 Å². The Morgan fingerprint density at radius 3 is 2.62 bits per heavy atom. The van der Waals surface area contributed by atoms with E-state index in [9.17, 15) is 0 Å². The summed E-state index contributed by atoms with van der Waals surface area (Å²) in [5, 5.41) is 0. The van der Waals surface area contributed by atoms with E-state index in [4.69, 9.17) is 10.5 Å². The molecule has 5 heteroatoms. The number of pyridine rings is 1. The van der Waals surface area contributed by atoms with Crippen LogP contribution in [0.1, 0.15) is 37.7 Å². The molecule has 1 saturated carbocycles. The van der Waals surface area contributed by atoms with Crippen molar-refractivity contribution in [3.63, 3.8) is 0 Å². The zero-order valence-electron chi connectivity index (χ0n) is 12.6. The molecule has 116 valence electrons. The third-order valence-electron chi connectivity index (χ3n) is 4.98. The van der Waals surface area contributed by atoms with E-state index in [0.29, 0.717) is 36.4 Å². The summed E-state index contributed by atoms with van der Waals surface area (Å²) in [7, 11) is 1.57. The van der Waals surface area contributed by atoms with Gasteiger partial charge in [0.15, 0.2) is 0 Å². The van der Waals surface area contributed by atoms with Crippen molar-refractivity contribution in [2.45, 2.75) is 49.9 Å². The fourth-order valence-electron chi connectivity index (χ4n) is 3.63. The van der Waals surface area contributed by atoms with Gasteiger partial charge < -0.3 is 10.5 Å². The Labute approximate surface area is 125 Å². The van der Waals surface area contributed by atoms with Gasteiger partial charge >= 0.3 is 0 Å². The lowest BCUT2D eigenvalue weighted by molar-refractivity contribution is 0.0582. The molecule has 1 aliphatic heterocycles. The van der Waals surface area contributed by atoms with Gasteiger partial charge in [-0.3, -0.25) is 4.90 Å².